The maximum absolute atomic E-state index is 12.8. The summed E-state index contributed by atoms with van der Waals surface area (Å²) in [6.07, 6.45) is 2.11. The minimum atomic E-state index is -0.169. The normalized spacial score (nSPS) is 13.1. The predicted molar refractivity (Wildman–Crippen MR) is 118 cm³/mol. The number of thioether (sulfide) groups is 1. The molecule has 1 aliphatic rings. The Labute approximate surface area is 178 Å². The largest absolute Gasteiger partial charge is 0.349 e. The highest BCUT2D eigenvalue weighted by Gasteiger charge is 2.23. The zero-order chi connectivity index (χ0) is 20.2. The topological polar surface area (TPSA) is 71.1 Å². The second-order valence-electron chi connectivity index (χ2n) is 6.92. The molecule has 29 heavy (non-hydrogen) atoms. The summed E-state index contributed by atoms with van der Waals surface area (Å²) in [5.74, 6) is 0.488. The van der Waals surface area contributed by atoms with Crippen molar-refractivity contribution in [3.05, 3.63) is 75.7 Å². The summed E-state index contributed by atoms with van der Waals surface area (Å²) in [6.45, 7) is 1.99. The molecule has 1 aliphatic carbocycles. The van der Waals surface area contributed by atoms with Crippen molar-refractivity contribution >= 4 is 40.6 Å². The maximum atomic E-state index is 12.8. The minimum Gasteiger partial charge on any atom is -0.349 e. The van der Waals surface area contributed by atoms with Crippen LogP contribution in [0.2, 0.25) is 0 Å². The van der Waals surface area contributed by atoms with Gasteiger partial charge < -0.3 is 10.6 Å². The number of nitrogens with zero attached hydrogens (tertiary/aromatic N) is 1. The first kappa shape index (κ1) is 19.7. The van der Waals surface area contributed by atoms with Gasteiger partial charge in [0, 0.05) is 33.3 Å². The quantitative estimate of drug-likeness (QED) is 0.531. The summed E-state index contributed by atoms with van der Waals surface area (Å²) in [5, 5.41) is 8.97. The summed E-state index contributed by atoms with van der Waals surface area (Å²) in [6, 6.07) is 14.9. The van der Waals surface area contributed by atoms with E-state index in [1.54, 1.807) is 47.4 Å². The lowest BCUT2D eigenvalue weighted by Gasteiger charge is -2.10. The van der Waals surface area contributed by atoms with E-state index >= 15 is 0 Å². The average molecular weight is 424 g/mol. The lowest BCUT2D eigenvalue weighted by atomic mass is 10.1. The van der Waals surface area contributed by atoms with Crippen LogP contribution in [-0.4, -0.2) is 22.8 Å². The second kappa shape index (κ2) is 8.80. The van der Waals surface area contributed by atoms with Gasteiger partial charge in [0.25, 0.3) is 11.8 Å². The van der Waals surface area contributed by atoms with Gasteiger partial charge in [-0.05, 0) is 56.2 Å². The fraction of sp³-hybridized carbons (Fsp3) is 0.227. The van der Waals surface area contributed by atoms with E-state index in [0.717, 1.165) is 34.2 Å². The Bertz CT molecular complexity index is 1030. The van der Waals surface area contributed by atoms with Gasteiger partial charge in [0.15, 0.2) is 0 Å². The molecule has 148 valence electrons. The number of amides is 2. The van der Waals surface area contributed by atoms with Crippen LogP contribution < -0.4 is 10.6 Å². The SMILES string of the molecule is Cc1nc(CSc2ccccc2C(=O)Nc2ccc(C(=O)NC3CC3)cc2)cs1. The number of anilines is 1. The lowest BCUT2D eigenvalue weighted by molar-refractivity contribution is 0.0950. The molecule has 2 N–H and O–H groups in total. The maximum Gasteiger partial charge on any atom is 0.256 e. The van der Waals surface area contributed by atoms with Crippen LogP contribution in [-0.2, 0) is 5.75 Å². The molecule has 0 atom stereocenters. The third-order valence-corrected chi connectivity index (χ3v) is 6.42. The molecule has 0 saturated heterocycles. The first-order chi connectivity index (χ1) is 14.1. The van der Waals surface area contributed by atoms with E-state index < -0.39 is 0 Å². The number of aromatic nitrogens is 1. The van der Waals surface area contributed by atoms with Crippen LogP contribution in [0.3, 0.4) is 0 Å². The van der Waals surface area contributed by atoms with E-state index in [4.69, 9.17) is 0 Å². The van der Waals surface area contributed by atoms with Gasteiger partial charge in [-0.3, -0.25) is 9.59 Å². The highest BCUT2D eigenvalue weighted by atomic mass is 32.2. The first-order valence-electron chi connectivity index (χ1n) is 9.43. The number of carbonyl (C=O) groups excluding carboxylic acids is 2. The van der Waals surface area contributed by atoms with Crippen LogP contribution in [0.15, 0.2) is 58.8 Å². The van der Waals surface area contributed by atoms with Crippen molar-refractivity contribution in [2.24, 2.45) is 0 Å². The van der Waals surface area contributed by atoms with E-state index in [9.17, 15) is 9.59 Å². The van der Waals surface area contributed by atoms with Gasteiger partial charge in [0.05, 0.1) is 16.3 Å². The second-order valence-corrected chi connectivity index (χ2v) is 9.00. The number of rotatable bonds is 7. The summed E-state index contributed by atoms with van der Waals surface area (Å²) in [5.41, 5.74) is 2.91. The van der Waals surface area contributed by atoms with Crippen molar-refractivity contribution in [2.45, 2.75) is 36.5 Å². The van der Waals surface area contributed by atoms with E-state index in [1.807, 2.05) is 36.6 Å². The molecular formula is C22H21N3O2S2. The van der Waals surface area contributed by atoms with E-state index in [0.29, 0.717) is 22.9 Å². The Balaban J connectivity index is 1.40. The number of hydrogen-bond donors (Lipinski definition) is 2. The molecule has 3 aromatic rings. The molecule has 1 aromatic heterocycles. The molecule has 1 fully saturated rings. The van der Waals surface area contributed by atoms with Crippen LogP contribution in [0.5, 0.6) is 0 Å². The Morgan fingerprint density at radius 2 is 1.86 bits per heavy atom. The number of thiazole rings is 1. The van der Waals surface area contributed by atoms with Gasteiger partial charge in [-0.1, -0.05) is 12.1 Å². The summed E-state index contributed by atoms with van der Waals surface area (Å²) < 4.78 is 0. The molecule has 1 heterocycles. The number of aryl methyl sites for hydroxylation is 1. The van der Waals surface area contributed by atoms with Crippen molar-refractivity contribution in [3.63, 3.8) is 0 Å². The molecular weight excluding hydrogens is 402 g/mol. The predicted octanol–water partition coefficient (Wildman–Crippen LogP) is 4.89. The monoisotopic (exact) mass is 423 g/mol. The van der Waals surface area contributed by atoms with Crippen molar-refractivity contribution in [1.29, 1.82) is 0 Å². The average Bonchev–Trinajstić information content (AvgIpc) is 3.45. The Kier molecular flexibility index (Phi) is 5.97. The fourth-order valence-electron chi connectivity index (χ4n) is 2.81. The summed E-state index contributed by atoms with van der Waals surface area (Å²) in [7, 11) is 0. The molecule has 0 aliphatic heterocycles. The molecule has 1 saturated carbocycles. The van der Waals surface area contributed by atoms with E-state index in [2.05, 4.69) is 15.6 Å². The van der Waals surface area contributed by atoms with Gasteiger partial charge in [-0.2, -0.15) is 0 Å². The molecule has 0 radical (unpaired) electrons. The molecule has 4 rings (SSSR count). The van der Waals surface area contributed by atoms with Crippen LogP contribution in [0.1, 0.15) is 44.3 Å². The smallest absolute Gasteiger partial charge is 0.256 e. The molecule has 0 unspecified atom stereocenters. The number of carbonyl (C=O) groups is 2. The number of benzene rings is 2. The standard InChI is InChI=1S/C22H21N3O2S2/c1-14-23-18(12-28-14)13-29-20-5-3-2-4-19(20)22(27)25-16-8-6-15(7-9-16)21(26)24-17-10-11-17/h2-9,12,17H,10-11,13H2,1H3,(H,24,26)(H,25,27). The van der Waals surface area contributed by atoms with Crippen LogP contribution in [0.4, 0.5) is 5.69 Å². The van der Waals surface area contributed by atoms with Gasteiger partial charge in [-0.25, -0.2) is 4.98 Å². The molecule has 2 amide bonds. The third-order valence-electron chi connectivity index (χ3n) is 4.49. The zero-order valence-electron chi connectivity index (χ0n) is 16.0. The van der Waals surface area contributed by atoms with Gasteiger partial charge in [-0.15, -0.1) is 23.1 Å². The Hall–Kier alpha value is -2.64. The van der Waals surface area contributed by atoms with Crippen LogP contribution in [0, 0.1) is 6.92 Å². The van der Waals surface area contributed by atoms with E-state index in [1.165, 1.54) is 0 Å². The van der Waals surface area contributed by atoms with Gasteiger partial charge in [0.1, 0.15) is 0 Å². The molecule has 0 bridgehead atoms. The highest BCUT2D eigenvalue weighted by Crippen LogP contribution is 2.27. The molecule has 0 spiro atoms. The minimum absolute atomic E-state index is 0.0654. The number of hydrogen-bond acceptors (Lipinski definition) is 5. The first-order valence-corrected chi connectivity index (χ1v) is 11.3. The lowest BCUT2D eigenvalue weighted by Crippen LogP contribution is -2.25. The summed E-state index contributed by atoms with van der Waals surface area (Å²) in [4.78, 5) is 30.3. The van der Waals surface area contributed by atoms with Crippen LogP contribution >= 0.6 is 23.1 Å². The van der Waals surface area contributed by atoms with Crippen molar-refractivity contribution < 1.29 is 9.59 Å². The van der Waals surface area contributed by atoms with E-state index in [-0.39, 0.29) is 11.8 Å². The fourth-order valence-corrected chi connectivity index (χ4v) is 4.47. The van der Waals surface area contributed by atoms with Gasteiger partial charge >= 0.3 is 0 Å². The zero-order valence-corrected chi connectivity index (χ0v) is 17.6. The Morgan fingerprint density at radius 1 is 1.10 bits per heavy atom. The number of nitrogens with one attached hydrogen (secondary N) is 2. The van der Waals surface area contributed by atoms with Crippen molar-refractivity contribution in [1.82, 2.24) is 10.3 Å². The highest BCUT2D eigenvalue weighted by molar-refractivity contribution is 7.98. The molecule has 5 nitrogen and oxygen atoms in total. The summed E-state index contributed by atoms with van der Waals surface area (Å²) >= 11 is 3.23. The van der Waals surface area contributed by atoms with Crippen molar-refractivity contribution in [2.75, 3.05) is 5.32 Å². The van der Waals surface area contributed by atoms with Gasteiger partial charge in [0.2, 0.25) is 0 Å². The Morgan fingerprint density at radius 3 is 2.55 bits per heavy atom. The molecule has 2 aromatic carbocycles. The third kappa shape index (κ3) is 5.25. The van der Waals surface area contributed by atoms with Crippen molar-refractivity contribution in [3.8, 4) is 0 Å². The molecule has 7 heteroatoms. The van der Waals surface area contributed by atoms with Crippen LogP contribution in [0.25, 0.3) is 0 Å².